The maximum Gasteiger partial charge on any atom is 0.336 e. The first-order chi connectivity index (χ1) is 13.5. The Morgan fingerprint density at radius 2 is 2.04 bits per heavy atom. The molecule has 0 unspecified atom stereocenters. The number of amides is 1. The highest BCUT2D eigenvalue weighted by Gasteiger charge is 2.11. The highest BCUT2D eigenvalue weighted by atomic mass is 35.5. The molecule has 4 nitrogen and oxygen atoms in total. The van der Waals surface area contributed by atoms with Crippen LogP contribution in [-0.4, -0.2) is 11.7 Å². The Balaban J connectivity index is 1.61. The minimum absolute atomic E-state index is 0.0574. The van der Waals surface area contributed by atoms with Crippen LogP contribution in [0.4, 0.5) is 0 Å². The van der Waals surface area contributed by atoms with Crippen LogP contribution in [0.15, 0.2) is 57.7 Å². The lowest BCUT2D eigenvalue weighted by Gasteiger charge is -2.14. The van der Waals surface area contributed by atoms with Gasteiger partial charge in [0.05, 0.1) is 11.8 Å². The molecule has 6 heteroatoms. The summed E-state index contributed by atoms with van der Waals surface area (Å²) in [6, 6.07) is 14.8. The van der Waals surface area contributed by atoms with Gasteiger partial charge in [0.25, 0.3) is 0 Å². The molecular weight excluding hydrogens is 394 g/mol. The Morgan fingerprint density at radius 3 is 2.79 bits per heavy atom. The molecule has 3 aromatic rings. The number of fused-ring (bicyclic) bond motifs is 1. The average Bonchev–Trinajstić information content (AvgIpc) is 2.67. The van der Waals surface area contributed by atoms with Gasteiger partial charge < -0.3 is 9.73 Å². The van der Waals surface area contributed by atoms with Crippen LogP contribution < -0.4 is 10.9 Å². The summed E-state index contributed by atoms with van der Waals surface area (Å²) in [4.78, 5) is 24.1. The van der Waals surface area contributed by atoms with Gasteiger partial charge in [0.1, 0.15) is 5.58 Å². The summed E-state index contributed by atoms with van der Waals surface area (Å²) < 4.78 is 5.33. The number of nitrogens with one attached hydrogen (secondary N) is 1. The van der Waals surface area contributed by atoms with Gasteiger partial charge in [0.15, 0.2) is 0 Å². The number of hydrogen-bond donors (Lipinski definition) is 1. The quantitative estimate of drug-likeness (QED) is 0.544. The van der Waals surface area contributed by atoms with E-state index < -0.39 is 0 Å². The Labute approximate surface area is 173 Å². The average molecular weight is 416 g/mol. The zero-order valence-corrected chi connectivity index (χ0v) is 17.4. The first-order valence-corrected chi connectivity index (χ1v) is 10.7. The fourth-order valence-electron chi connectivity index (χ4n) is 3.01. The van der Waals surface area contributed by atoms with Crippen LogP contribution in [0.3, 0.4) is 0 Å². The normalized spacial score (nSPS) is 12.1. The molecule has 0 saturated carbocycles. The molecule has 0 radical (unpaired) electrons. The predicted molar refractivity (Wildman–Crippen MR) is 116 cm³/mol. The van der Waals surface area contributed by atoms with E-state index in [0.29, 0.717) is 22.1 Å². The molecule has 0 fully saturated rings. The third-order valence-corrected chi connectivity index (χ3v) is 5.74. The van der Waals surface area contributed by atoms with Gasteiger partial charge in [-0.15, -0.1) is 11.8 Å². The molecule has 0 aliphatic rings. The van der Waals surface area contributed by atoms with Crippen LogP contribution in [0.2, 0.25) is 5.02 Å². The second kappa shape index (κ2) is 9.30. The number of halogens is 1. The lowest BCUT2D eigenvalue weighted by atomic mass is 10.1. The summed E-state index contributed by atoms with van der Waals surface area (Å²) in [6.07, 6.45) is 0.879. The third kappa shape index (κ3) is 5.18. The van der Waals surface area contributed by atoms with Gasteiger partial charge in [0.2, 0.25) is 5.91 Å². The van der Waals surface area contributed by atoms with Crippen molar-refractivity contribution in [3.8, 4) is 0 Å². The molecule has 1 heterocycles. The first kappa shape index (κ1) is 20.5. The van der Waals surface area contributed by atoms with E-state index in [1.165, 1.54) is 17.8 Å². The van der Waals surface area contributed by atoms with Gasteiger partial charge in [-0.1, -0.05) is 42.8 Å². The van der Waals surface area contributed by atoms with Crippen molar-refractivity contribution in [2.75, 3.05) is 5.75 Å². The molecule has 0 aliphatic carbocycles. The molecule has 0 aliphatic heterocycles. The van der Waals surface area contributed by atoms with Crippen LogP contribution in [0.1, 0.15) is 36.6 Å². The Kier molecular flexibility index (Phi) is 6.81. The molecule has 0 spiro atoms. The Bertz CT molecular complexity index is 1050. The molecule has 2 aromatic carbocycles. The van der Waals surface area contributed by atoms with Crippen molar-refractivity contribution in [1.29, 1.82) is 0 Å². The van der Waals surface area contributed by atoms with Crippen LogP contribution in [0.5, 0.6) is 0 Å². The lowest BCUT2D eigenvalue weighted by Crippen LogP contribution is -2.28. The topological polar surface area (TPSA) is 59.3 Å². The summed E-state index contributed by atoms with van der Waals surface area (Å²) in [5.74, 6) is 0.810. The molecule has 3 rings (SSSR count). The van der Waals surface area contributed by atoms with Crippen LogP contribution >= 0.6 is 23.4 Å². The number of benzene rings is 2. The summed E-state index contributed by atoms with van der Waals surface area (Å²) in [6.45, 7) is 3.98. The van der Waals surface area contributed by atoms with E-state index in [4.69, 9.17) is 16.0 Å². The van der Waals surface area contributed by atoms with E-state index in [0.717, 1.165) is 28.5 Å². The summed E-state index contributed by atoms with van der Waals surface area (Å²) in [7, 11) is 0. The van der Waals surface area contributed by atoms with Gasteiger partial charge in [-0.3, -0.25) is 4.79 Å². The highest BCUT2D eigenvalue weighted by molar-refractivity contribution is 7.99. The Morgan fingerprint density at radius 1 is 1.21 bits per heavy atom. The van der Waals surface area contributed by atoms with E-state index in [-0.39, 0.29) is 17.6 Å². The van der Waals surface area contributed by atoms with Gasteiger partial charge in [-0.2, -0.15) is 0 Å². The van der Waals surface area contributed by atoms with Gasteiger partial charge in [-0.25, -0.2) is 4.79 Å². The van der Waals surface area contributed by atoms with E-state index in [1.807, 2.05) is 43.3 Å². The van der Waals surface area contributed by atoms with E-state index >= 15 is 0 Å². The van der Waals surface area contributed by atoms with Crippen molar-refractivity contribution in [3.63, 3.8) is 0 Å². The van der Waals surface area contributed by atoms with E-state index in [1.54, 1.807) is 6.07 Å². The summed E-state index contributed by atoms with van der Waals surface area (Å²) in [5.41, 5.74) is 3.20. The number of aryl methyl sites for hydroxylation is 1. The lowest BCUT2D eigenvalue weighted by molar-refractivity contribution is -0.119. The second-order valence-corrected chi connectivity index (χ2v) is 8.03. The fraction of sp³-hybridized carbons (Fsp3) is 0.273. The molecule has 146 valence electrons. The number of hydrogen-bond acceptors (Lipinski definition) is 4. The minimum Gasteiger partial charge on any atom is -0.423 e. The van der Waals surface area contributed by atoms with E-state index in [9.17, 15) is 9.59 Å². The van der Waals surface area contributed by atoms with Crippen LogP contribution in [0.25, 0.3) is 11.0 Å². The zero-order chi connectivity index (χ0) is 20.1. The second-order valence-electron chi connectivity index (χ2n) is 6.61. The maximum atomic E-state index is 12.3. The van der Waals surface area contributed by atoms with Crippen molar-refractivity contribution in [2.24, 2.45) is 0 Å². The molecular formula is C22H22ClNO3S. The number of carbonyl (C=O) groups excluding carboxylic acids is 1. The van der Waals surface area contributed by atoms with Crippen molar-refractivity contribution in [3.05, 3.63) is 80.7 Å². The fourth-order valence-corrected chi connectivity index (χ4v) is 4.04. The van der Waals surface area contributed by atoms with Crippen molar-refractivity contribution >= 4 is 40.2 Å². The number of rotatable bonds is 7. The van der Waals surface area contributed by atoms with Gasteiger partial charge in [0, 0.05) is 22.2 Å². The Hall–Kier alpha value is -2.24. The molecule has 1 amide bonds. The smallest absolute Gasteiger partial charge is 0.336 e. The van der Waals surface area contributed by atoms with Crippen molar-refractivity contribution in [1.82, 2.24) is 5.32 Å². The molecule has 0 saturated heterocycles. The molecule has 1 atom stereocenters. The molecule has 0 bridgehead atoms. The minimum atomic E-state index is -0.365. The standard InChI is InChI=1S/C22H22ClNO3S/c1-3-15-7-8-19-17(11-22(26)27-20(19)9-15)12-28-13-21(25)24-14(2)16-5-4-6-18(23)10-16/h4-11,14H,3,12-13H2,1-2H3,(H,24,25)/t14-/m1/s1. The van der Waals surface area contributed by atoms with E-state index in [2.05, 4.69) is 12.2 Å². The van der Waals surface area contributed by atoms with Crippen LogP contribution in [0, 0.1) is 0 Å². The first-order valence-electron chi connectivity index (χ1n) is 9.14. The third-order valence-electron chi connectivity index (χ3n) is 4.52. The molecule has 28 heavy (non-hydrogen) atoms. The maximum absolute atomic E-state index is 12.3. The van der Waals surface area contributed by atoms with Gasteiger partial charge in [-0.05, 0) is 48.2 Å². The van der Waals surface area contributed by atoms with Crippen molar-refractivity contribution < 1.29 is 9.21 Å². The molecule has 1 aromatic heterocycles. The molecule has 1 N–H and O–H groups in total. The monoisotopic (exact) mass is 415 g/mol. The summed E-state index contributed by atoms with van der Waals surface area (Å²) >= 11 is 7.48. The zero-order valence-electron chi connectivity index (χ0n) is 15.8. The van der Waals surface area contributed by atoms with Crippen LogP contribution in [-0.2, 0) is 17.0 Å². The van der Waals surface area contributed by atoms with Gasteiger partial charge >= 0.3 is 5.63 Å². The number of carbonyl (C=O) groups is 1. The highest BCUT2D eigenvalue weighted by Crippen LogP contribution is 2.23. The van der Waals surface area contributed by atoms with Crippen molar-refractivity contribution in [2.45, 2.75) is 32.1 Å². The summed E-state index contributed by atoms with van der Waals surface area (Å²) in [5, 5.41) is 4.54. The number of thioether (sulfide) groups is 1. The SMILES string of the molecule is CCc1ccc2c(CSCC(=O)N[C@H](C)c3cccc(Cl)c3)cc(=O)oc2c1. The largest absolute Gasteiger partial charge is 0.423 e. The predicted octanol–water partition coefficient (Wildman–Crippen LogP) is 5.12.